The molecular formula is C18H28F3IN4O2. The van der Waals surface area contributed by atoms with Crippen LogP contribution in [0.25, 0.3) is 0 Å². The minimum Gasteiger partial charge on any atom is -0.468 e. The summed E-state index contributed by atoms with van der Waals surface area (Å²) >= 11 is 0. The topological polar surface area (TPSA) is 67.8 Å². The summed E-state index contributed by atoms with van der Waals surface area (Å²) in [5.41, 5.74) is 0.492. The standard InChI is InChI=1S/C18H27F3N4O2.HI/c1-2-22-17(24-9-4-10-26-12-14-6-7-14)25-11-15-5-3-8-23-16(15)27-13-18(19,20)21;/h3,5,8,14H,2,4,6-7,9-13H2,1H3,(H2,22,24,25);1H. The summed E-state index contributed by atoms with van der Waals surface area (Å²) in [5, 5.41) is 6.29. The van der Waals surface area contributed by atoms with Gasteiger partial charge in [-0.15, -0.1) is 24.0 Å². The van der Waals surface area contributed by atoms with Crippen LogP contribution in [-0.4, -0.2) is 50.0 Å². The van der Waals surface area contributed by atoms with E-state index >= 15 is 0 Å². The molecule has 1 aliphatic carbocycles. The van der Waals surface area contributed by atoms with Gasteiger partial charge < -0.3 is 20.1 Å². The predicted molar refractivity (Wildman–Crippen MR) is 112 cm³/mol. The number of nitrogens with zero attached hydrogens (tertiary/aromatic N) is 2. The first-order valence-electron chi connectivity index (χ1n) is 9.21. The monoisotopic (exact) mass is 516 g/mol. The number of aromatic nitrogens is 1. The molecule has 2 rings (SSSR count). The Labute approximate surface area is 180 Å². The average molecular weight is 516 g/mol. The minimum atomic E-state index is -4.41. The molecule has 0 aromatic carbocycles. The molecule has 10 heteroatoms. The van der Waals surface area contributed by atoms with E-state index < -0.39 is 12.8 Å². The highest BCUT2D eigenvalue weighted by Crippen LogP contribution is 2.28. The van der Waals surface area contributed by atoms with Crippen LogP contribution >= 0.6 is 24.0 Å². The molecule has 2 N–H and O–H groups in total. The second-order valence-electron chi connectivity index (χ2n) is 6.37. The Hall–Kier alpha value is -1.30. The number of halogens is 4. The second kappa shape index (κ2) is 13.0. The third-order valence-corrected chi connectivity index (χ3v) is 3.78. The smallest absolute Gasteiger partial charge is 0.422 e. The molecule has 0 bridgehead atoms. The van der Waals surface area contributed by atoms with Gasteiger partial charge in [0.1, 0.15) is 0 Å². The molecule has 1 fully saturated rings. The average Bonchev–Trinajstić information content (AvgIpc) is 3.45. The van der Waals surface area contributed by atoms with Crippen molar-refractivity contribution in [1.82, 2.24) is 15.6 Å². The number of alkyl halides is 3. The SMILES string of the molecule is CCNC(=NCc1cccnc1OCC(F)(F)F)NCCCOCC1CC1.I. The van der Waals surface area contributed by atoms with E-state index in [0.717, 1.165) is 18.9 Å². The van der Waals surface area contributed by atoms with Crippen molar-refractivity contribution < 1.29 is 22.6 Å². The first-order valence-corrected chi connectivity index (χ1v) is 9.21. The van der Waals surface area contributed by atoms with Crippen LogP contribution in [0.4, 0.5) is 13.2 Å². The third-order valence-electron chi connectivity index (χ3n) is 3.78. The summed E-state index contributed by atoms with van der Waals surface area (Å²) in [5.74, 6) is 1.29. The van der Waals surface area contributed by atoms with Crippen LogP contribution in [0.15, 0.2) is 23.3 Å². The van der Waals surface area contributed by atoms with Crippen molar-refractivity contribution in [2.45, 2.75) is 38.9 Å². The summed E-state index contributed by atoms with van der Waals surface area (Å²) < 4.78 is 47.4. The maximum absolute atomic E-state index is 12.4. The van der Waals surface area contributed by atoms with Crippen LogP contribution < -0.4 is 15.4 Å². The zero-order valence-corrected chi connectivity index (χ0v) is 18.3. The van der Waals surface area contributed by atoms with E-state index in [-0.39, 0.29) is 36.4 Å². The molecule has 0 atom stereocenters. The Morgan fingerprint density at radius 2 is 2.11 bits per heavy atom. The minimum absolute atomic E-state index is 0. The molecule has 0 saturated heterocycles. The molecule has 1 aromatic rings. The fraction of sp³-hybridized carbons (Fsp3) is 0.667. The first-order chi connectivity index (χ1) is 13.0. The largest absolute Gasteiger partial charge is 0.468 e. The lowest BCUT2D eigenvalue weighted by Gasteiger charge is -2.13. The van der Waals surface area contributed by atoms with Crippen molar-refractivity contribution in [3.8, 4) is 5.88 Å². The zero-order valence-electron chi connectivity index (χ0n) is 15.9. The highest BCUT2D eigenvalue weighted by molar-refractivity contribution is 14.0. The lowest BCUT2D eigenvalue weighted by molar-refractivity contribution is -0.154. The maximum atomic E-state index is 12.4. The van der Waals surface area contributed by atoms with E-state index in [2.05, 4.69) is 20.6 Å². The van der Waals surface area contributed by atoms with Crippen LogP contribution in [0.1, 0.15) is 31.7 Å². The van der Waals surface area contributed by atoms with Crippen LogP contribution in [0.2, 0.25) is 0 Å². The number of rotatable bonds is 11. The summed E-state index contributed by atoms with van der Waals surface area (Å²) in [6, 6.07) is 3.29. The Morgan fingerprint density at radius 1 is 1.32 bits per heavy atom. The van der Waals surface area contributed by atoms with Gasteiger partial charge in [0.15, 0.2) is 12.6 Å². The zero-order chi connectivity index (χ0) is 19.5. The Bertz CT molecular complexity index is 598. The van der Waals surface area contributed by atoms with Crippen LogP contribution in [-0.2, 0) is 11.3 Å². The quantitative estimate of drug-likeness (QED) is 0.204. The summed E-state index contributed by atoms with van der Waals surface area (Å²) in [4.78, 5) is 8.27. The molecule has 0 radical (unpaired) electrons. The number of pyridine rings is 1. The van der Waals surface area contributed by atoms with E-state index in [1.54, 1.807) is 12.1 Å². The number of nitrogens with one attached hydrogen (secondary N) is 2. The molecule has 6 nitrogen and oxygen atoms in total. The summed E-state index contributed by atoms with van der Waals surface area (Å²) in [7, 11) is 0. The number of guanidine groups is 1. The van der Waals surface area contributed by atoms with Gasteiger partial charge in [-0.2, -0.15) is 13.2 Å². The van der Waals surface area contributed by atoms with Gasteiger partial charge in [-0.3, -0.25) is 0 Å². The van der Waals surface area contributed by atoms with Crippen molar-refractivity contribution in [3.05, 3.63) is 23.9 Å². The van der Waals surface area contributed by atoms with Gasteiger partial charge in [-0.1, -0.05) is 6.07 Å². The summed E-state index contributed by atoms with van der Waals surface area (Å²) in [6.07, 6.45) is 0.390. The van der Waals surface area contributed by atoms with E-state index in [9.17, 15) is 13.2 Å². The van der Waals surface area contributed by atoms with E-state index in [0.29, 0.717) is 31.2 Å². The van der Waals surface area contributed by atoms with Crippen molar-refractivity contribution in [2.24, 2.45) is 10.9 Å². The van der Waals surface area contributed by atoms with Gasteiger partial charge in [0.25, 0.3) is 0 Å². The fourth-order valence-corrected chi connectivity index (χ4v) is 2.25. The van der Waals surface area contributed by atoms with Crippen molar-refractivity contribution in [2.75, 3.05) is 32.9 Å². The molecule has 0 amide bonds. The van der Waals surface area contributed by atoms with Crippen molar-refractivity contribution >= 4 is 29.9 Å². The number of hydrogen-bond donors (Lipinski definition) is 2. The predicted octanol–water partition coefficient (Wildman–Crippen LogP) is 3.51. The van der Waals surface area contributed by atoms with E-state index in [1.165, 1.54) is 19.0 Å². The van der Waals surface area contributed by atoms with Crippen LogP contribution in [0.5, 0.6) is 5.88 Å². The number of ether oxygens (including phenoxy) is 2. The lowest BCUT2D eigenvalue weighted by Crippen LogP contribution is -2.38. The third kappa shape index (κ3) is 10.9. The molecule has 1 aromatic heterocycles. The normalized spacial score (nSPS) is 14.4. The van der Waals surface area contributed by atoms with Crippen molar-refractivity contribution in [3.63, 3.8) is 0 Å². The molecule has 0 aliphatic heterocycles. The van der Waals surface area contributed by atoms with Gasteiger partial charge in [0.2, 0.25) is 5.88 Å². The Kier molecular flexibility index (Phi) is 11.5. The molecule has 1 saturated carbocycles. The lowest BCUT2D eigenvalue weighted by atomic mass is 10.3. The van der Waals surface area contributed by atoms with Crippen LogP contribution in [0, 0.1) is 5.92 Å². The van der Waals surface area contributed by atoms with Crippen molar-refractivity contribution in [1.29, 1.82) is 0 Å². The fourth-order valence-electron chi connectivity index (χ4n) is 2.25. The van der Waals surface area contributed by atoms with E-state index in [4.69, 9.17) is 9.47 Å². The summed E-state index contributed by atoms with van der Waals surface area (Å²) in [6.45, 7) is 3.64. The number of hydrogen-bond acceptors (Lipinski definition) is 4. The van der Waals surface area contributed by atoms with E-state index in [1.807, 2.05) is 6.92 Å². The molecular weight excluding hydrogens is 488 g/mol. The Balaban J connectivity index is 0.00000392. The molecule has 28 heavy (non-hydrogen) atoms. The van der Waals surface area contributed by atoms with Gasteiger partial charge in [-0.05, 0) is 38.2 Å². The van der Waals surface area contributed by atoms with Crippen LogP contribution in [0.3, 0.4) is 0 Å². The molecule has 0 unspecified atom stereocenters. The Morgan fingerprint density at radius 3 is 2.79 bits per heavy atom. The molecule has 0 spiro atoms. The molecule has 1 heterocycles. The number of aliphatic imine (C=N–C) groups is 1. The second-order valence-corrected chi connectivity index (χ2v) is 6.37. The van der Waals surface area contributed by atoms with Gasteiger partial charge >= 0.3 is 6.18 Å². The van der Waals surface area contributed by atoms with Gasteiger partial charge in [0.05, 0.1) is 6.54 Å². The molecule has 160 valence electrons. The van der Waals surface area contributed by atoms with Gasteiger partial charge in [-0.25, -0.2) is 9.98 Å². The molecule has 1 aliphatic rings. The van der Waals surface area contributed by atoms with Gasteiger partial charge in [0, 0.05) is 38.1 Å². The highest BCUT2D eigenvalue weighted by Gasteiger charge is 2.29. The first kappa shape index (κ1) is 24.7. The maximum Gasteiger partial charge on any atom is 0.422 e. The highest BCUT2D eigenvalue weighted by atomic mass is 127.